The Kier molecular flexibility index (Phi) is 5.67. The predicted molar refractivity (Wildman–Crippen MR) is 86.1 cm³/mol. The third-order valence-electron chi connectivity index (χ3n) is 3.11. The maximum atomic E-state index is 11.7. The number of hydrogen-bond donors (Lipinski definition) is 2. The number of methoxy groups -OCH3 is 2. The monoisotopic (exact) mass is 330 g/mol. The molecule has 0 bridgehead atoms. The molecule has 0 aliphatic heterocycles. The van der Waals surface area contributed by atoms with E-state index in [4.69, 9.17) is 0 Å². The van der Waals surface area contributed by atoms with Crippen LogP contribution in [0.3, 0.4) is 0 Å². The van der Waals surface area contributed by atoms with Crippen LogP contribution in [-0.2, 0) is 25.5 Å². The summed E-state index contributed by atoms with van der Waals surface area (Å²) in [7, 11) is 2.46. The van der Waals surface area contributed by atoms with Crippen molar-refractivity contribution in [1.29, 1.82) is 0 Å². The molecule has 1 heterocycles. The largest absolute Gasteiger partial charge is 0.466 e. The van der Waals surface area contributed by atoms with Crippen molar-refractivity contribution in [2.75, 3.05) is 19.5 Å². The summed E-state index contributed by atoms with van der Waals surface area (Å²) < 4.78 is 9.16. The Hall–Kier alpha value is -3.16. The van der Waals surface area contributed by atoms with Gasteiger partial charge in [0.1, 0.15) is 11.5 Å². The van der Waals surface area contributed by atoms with Gasteiger partial charge in [0.2, 0.25) is 0 Å². The number of anilines is 1. The van der Waals surface area contributed by atoms with Gasteiger partial charge < -0.3 is 14.8 Å². The number of esters is 2. The molecule has 1 aromatic heterocycles. The maximum absolute atomic E-state index is 11.7. The molecule has 126 valence electrons. The van der Waals surface area contributed by atoms with Crippen LogP contribution in [0.1, 0.15) is 17.2 Å². The van der Waals surface area contributed by atoms with E-state index < -0.39 is 11.9 Å². The summed E-state index contributed by atoms with van der Waals surface area (Å²) in [6.45, 7) is 1.84. The summed E-state index contributed by atoms with van der Waals surface area (Å²) in [6, 6.07) is 7.31. The average Bonchev–Trinajstić information content (AvgIpc) is 2.99. The van der Waals surface area contributed by atoms with Crippen molar-refractivity contribution < 1.29 is 19.1 Å². The van der Waals surface area contributed by atoms with Gasteiger partial charge in [0.25, 0.3) is 0 Å². The minimum Gasteiger partial charge on any atom is -0.466 e. The Bertz CT molecular complexity index is 750. The van der Waals surface area contributed by atoms with E-state index in [2.05, 4.69) is 30.0 Å². The van der Waals surface area contributed by atoms with Gasteiger partial charge in [-0.2, -0.15) is 5.10 Å². The molecule has 1 aromatic carbocycles. The lowest BCUT2D eigenvalue weighted by Crippen LogP contribution is -2.15. The van der Waals surface area contributed by atoms with Gasteiger partial charge in [-0.25, -0.2) is 14.6 Å². The first-order valence-corrected chi connectivity index (χ1v) is 7.13. The SMILES string of the molecule is COC(=O)/C=C(/Nc1ccc(Cc2n[nH]c(C)n2)cc1)C(=O)OC. The number of hydrogen-bond acceptors (Lipinski definition) is 7. The number of H-pyrrole nitrogens is 1. The predicted octanol–water partition coefficient (Wildman–Crippen LogP) is 1.35. The van der Waals surface area contributed by atoms with Crippen LogP contribution >= 0.6 is 0 Å². The number of aromatic amines is 1. The van der Waals surface area contributed by atoms with Gasteiger partial charge in [-0.15, -0.1) is 0 Å². The second kappa shape index (κ2) is 7.91. The zero-order valence-corrected chi connectivity index (χ0v) is 13.6. The van der Waals surface area contributed by atoms with Crippen LogP contribution in [0.15, 0.2) is 36.0 Å². The molecule has 0 atom stereocenters. The van der Waals surface area contributed by atoms with Crippen molar-refractivity contribution in [3.63, 3.8) is 0 Å². The minimum atomic E-state index is -0.666. The molecule has 0 radical (unpaired) electrons. The summed E-state index contributed by atoms with van der Waals surface area (Å²) in [6.07, 6.45) is 1.63. The molecule has 0 aliphatic carbocycles. The fourth-order valence-corrected chi connectivity index (χ4v) is 1.94. The number of nitrogens with zero attached hydrogens (tertiary/aromatic N) is 2. The molecule has 2 rings (SSSR count). The quantitative estimate of drug-likeness (QED) is 0.608. The Labute approximate surface area is 138 Å². The van der Waals surface area contributed by atoms with Crippen LogP contribution in [0, 0.1) is 6.92 Å². The Morgan fingerprint density at radius 2 is 1.92 bits per heavy atom. The number of carbonyl (C=O) groups excluding carboxylic acids is 2. The maximum Gasteiger partial charge on any atom is 0.354 e. The second-order valence-electron chi connectivity index (χ2n) is 4.91. The van der Waals surface area contributed by atoms with Crippen LogP contribution < -0.4 is 5.32 Å². The molecule has 0 aliphatic rings. The minimum absolute atomic E-state index is 0.0123. The molecule has 8 nitrogen and oxygen atoms in total. The van der Waals surface area contributed by atoms with Crippen LogP contribution in [0.2, 0.25) is 0 Å². The Morgan fingerprint density at radius 3 is 2.46 bits per heavy atom. The van der Waals surface area contributed by atoms with Gasteiger partial charge in [-0.05, 0) is 24.6 Å². The average molecular weight is 330 g/mol. The molecule has 2 aromatic rings. The smallest absolute Gasteiger partial charge is 0.354 e. The van der Waals surface area contributed by atoms with E-state index in [-0.39, 0.29) is 5.70 Å². The number of ether oxygens (including phenoxy) is 2. The third kappa shape index (κ3) is 4.67. The fraction of sp³-hybridized carbons (Fsp3) is 0.250. The van der Waals surface area contributed by atoms with E-state index in [0.717, 1.165) is 17.5 Å². The molecular formula is C16H18N4O4. The number of carbonyl (C=O) groups is 2. The van der Waals surface area contributed by atoms with E-state index in [1.54, 1.807) is 12.1 Å². The van der Waals surface area contributed by atoms with E-state index in [1.165, 1.54) is 14.2 Å². The highest BCUT2D eigenvalue weighted by Gasteiger charge is 2.12. The van der Waals surface area contributed by atoms with Crippen LogP contribution in [0.5, 0.6) is 0 Å². The molecule has 0 amide bonds. The first kappa shape index (κ1) is 17.2. The number of nitrogens with one attached hydrogen (secondary N) is 2. The van der Waals surface area contributed by atoms with Gasteiger partial charge in [0, 0.05) is 12.1 Å². The summed E-state index contributed by atoms with van der Waals surface area (Å²) in [4.78, 5) is 27.3. The molecule has 0 saturated carbocycles. The molecule has 8 heteroatoms. The van der Waals surface area contributed by atoms with Crippen LogP contribution in [-0.4, -0.2) is 41.3 Å². The van der Waals surface area contributed by atoms with Crippen molar-refractivity contribution >= 4 is 17.6 Å². The van der Waals surface area contributed by atoms with Crippen molar-refractivity contribution in [3.8, 4) is 0 Å². The molecule has 2 N–H and O–H groups in total. The third-order valence-corrected chi connectivity index (χ3v) is 3.11. The van der Waals surface area contributed by atoms with Gasteiger partial charge in [-0.1, -0.05) is 12.1 Å². The molecule has 0 spiro atoms. The van der Waals surface area contributed by atoms with Crippen molar-refractivity contribution in [1.82, 2.24) is 15.2 Å². The zero-order chi connectivity index (χ0) is 17.5. The van der Waals surface area contributed by atoms with Crippen LogP contribution in [0.4, 0.5) is 5.69 Å². The summed E-state index contributed by atoms with van der Waals surface area (Å²) in [5.41, 5.74) is 1.63. The van der Waals surface area contributed by atoms with Gasteiger partial charge in [-0.3, -0.25) is 5.10 Å². The summed E-state index contributed by atoms with van der Waals surface area (Å²) in [5, 5.41) is 9.72. The molecule has 0 unspecified atom stereocenters. The highest BCUT2D eigenvalue weighted by molar-refractivity contribution is 5.98. The highest BCUT2D eigenvalue weighted by atomic mass is 16.5. The van der Waals surface area contributed by atoms with Crippen LogP contribution in [0.25, 0.3) is 0 Å². The van der Waals surface area contributed by atoms with Gasteiger partial charge >= 0.3 is 11.9 Å². The van der Waals surface area contributed by atoms with Crippen molar-refractivity contribution in [2.24, 2.45) is 0 Å². The first-order valence-electron chi connectivity index (χ1n) is 7.13. The van der Waals surface area contributed by atoms with E-state index >= 15 is 0 Å². The van der Waals surface area contributed by atoms with Gasteiger partial charge in [0.05, 0.1) is 20.3 Å². The number of benzene rings is 1. The lowest BCUT2D eigenvalue weighted by Gasteiger charge is -2.09. The standard InChI is InChI=1S/C16H18N4O4/c1-10-17-14(20-19-10)8-11-4-6-12(7-5-11)18-13(16(22)24-3)9-15(21)23-2/h4-7,9,18H,8H2,1-3H3,(H,17,19,20)/b13-9+. The molecular weight excluding hydrogens is 312 g/mol. The normalized spacial score (nSPS) is 11.0. The van der Waals surface area contributed by atoms with Gasteiger partial charge in [0.15, 0.2) is 5.82 Å². The Morgan fingerprint density at radius 1 is 1.21 bits per heavy atom. The lowest BCUT2D eigenvalue weighted by atomic mass is 10.1. The number of rotatable bonds is 6. The molecule has 0 saturated heterocycles. The molecule has 24 heavy (non-hydrogen) atoms. The number of aryl methyl sites for hydroxylation is 1. The van der Waals surface area contributed by atoms with Crippen molar-refractivity contribution in [2.45, 2.75) is 13.3 Å². The van der Waals surface area contributed by atoms with Crippen molar-refractivity contribution in [3.05, 3.63) is 53.3 Å². The Balaban J connectivity index is 2.09. The fourth-order valence-electron chi connectivity index (χ4n) is 1.94. The van der Waals surface area contributed by atoms with E-state index in [0.29, 0.717) is 17.9 Å². The summed E-state index contributed by atoms with van der Waals surface area (Å²) >= 11 is 0. The second-order valence-corrected chi connectivity index (χ2v) is 4.91. The topological polar surface area (TPSA) is 106 Å². The lowest BCUT2D eigenvalue weighted by molar-refractivity contribution is -0.138. The van der Waals surface area contributed by atoms with E-state index in [1.807, 2.05) is 19.1 Å². The zero-order valence-electron chi connectivity index (χ0n) is 13.6. The molecule has 0 fully saturated rings. The van der Waals surface area contributed by atoms with E-state index in [9.17, 15) is 9.59 Å². The first-order chi connectivity index (χ1) is 11.5. The highest BCUT2D eigenvalue weighted by Crippen LogP contribution is 2.14. The number of aromatic nitrogens is 3. The summed E-state index contributed by atoms with van der Waals surface area (Å²) in [5.74, 6) is 0.146.